The van der Waals surface area contributed by atoms with Crippen molar-refractivity contribution in [3.05, 3.63) is 35.0 Å². The molecule has 0 atom stereocenters. The lowest BCUT2D eigenvalue weighted by Gasteiger charge is -2.05. The maximum Gasteiger partial charge on any atom is 0.152 e. The van der Waals surface area contributed by atoms with E-state index >= 15 is 0 Å². The third-order valence-electron chi connectivity index (χ3n) is 2.47. The van der Waals surface area contributed by atoms with E-state index in [1.807, 2.05) is 18.2 Å². The van der Waals surface area contributed by atoms with Gasteiger partial charge >= 0.3 is 0 Å². The van der Waals surface area contributed by atoms with Crippen molar-refractivity contribution in [1.82, 2.24) is 5.32 Å². The van der Waals surface area contributed by atoms with Crippen LogP contribution in [0.2, 0.25) is 5.02 Å². The zero-order valence-corrected chi connectivity index (χ0v) is 10.3. The molecule has 0 fully saturated rings. The molecule has 0 unspecified atom stereocenters. The summed E-state index contributed by atoms with van der Waals surface area (Å²) in [5.41, 5.74) is 0.795. The third-order valence-corrected chi connectivity index (χ3v) is 2.77. The minimum absolute atomic E-state index is 0.507. The minimum Gasteiger partial charge on any atom is -0.459 e. The van der Waals surface area contributed by atoms with Crippen molar-refractivity contribution in [2.75, 3.05) is 6.54 Å². The van der Waals surface area contributed by atoms with Gasteiger partial charge in [0.25, 0.3) is 0 Å². The first-order chi connectivity index (χ1) is 7.66. The van der Waals surface area contributed by atoms with Gasteiger partial charge in [0.05, 0.1) is 5.02 Å². The van der Waals surface area contributed by atoms with Crippen LogP contribution < -0.4 is 5.32 Å². The molecule has 2 nitrogen and oxygen atoms in total. The zero-order chi connectivity index (χ0) is 11.5. The highest BCUT2D eigenvalue weighted by molar-refractivity contribution is 6.34. The van der Waals surface area contributed by atoms with Gasteiger partial charge < -0.3 is 9.73 Å². The molecule has 0 aliphatic heterocycles. The summed E-state index contributed by atoms with van der Waals surface area (Å²) in [5.74, 6) is 0.983. The molecular formula is C13H16ClNO. The molecule has 1 aromatic carbocycles. The summed E-state index contributed by atoms with van der Waals surface area (Å²) in [6.45, 7) is 5.19. The van der Waals surface area contributed by atoms with E-state index in [-0.39, 0.29) is 0 Å². The molecule has 2 aromatic rings. The van der Waals surface area contributed by atoms with Crippen LogP contribution >= 0.6 is 11.6 Å². The molecule has 2 rings (SSSR count). The summed E-state index contributed by atoms with van der Waals surface area (Å²) >= 11 is 6.05. The predicted molar refractivity (Wildman–Crippen MR) is 68.1 cm³/mol. The van der Waals surface area contributed by atoms with E-state index in [0.29, 0.717) is 11.1 Å². The Hall–Kier alpha value is -0.990. The quantitative estimate of drug-likeness (QED) is 0.879. The van der Waals surface area contributed by atoms with Crippen molar-refractivity contribution < 1.29 is 4.42 Å². The molecule has 0 saturated carbocycles. The van der Waals surface area contributed by atoms with Gasteiger partial charge in [-0.3, -0.25) is 0 Å². The first-order valence-corrected chi connectivity index (χ1v) is 5.95. The molecule has 1 heterocycles. The largest absolute Gasteiger partial charge is 0.459 e. The second-order valence-electron chi connectivity index (χ2n) is 4.23. The Labute approximate surface area is 101 Å². The zero-order valence-electron chi connectivity index (χ0n) is 9.59. The Morgan fingerprint density at radius 2 is 2.19 bits per heavy atom. The molecule has 1 N–H and O–H groups in total. The molecule has 0 aliphatic rings. The van der Waals surface area contributed by atoms with Gasteiger partial charge in [-0.15, -0.1) is 0 Å². The first-order valence-electron chi connectivity index (χ1n) is 5.57. The van der Waals surface area contributed by atoms with Crippen molar-refractivity contribution in [2.24, 2.45) is 0 Å². The molecule has 86 valence electrons. The van der Waals surface area contributed by atoms with Crippen molar-refractivity contribution in [1.29, 1.82) is 0 Å². The fourth-order valence-corrected chi connectivity index (χ4v) is 1.91. The molecule has 0 aliphatic carbocycles. The van der Waals surface area contributed by atoms with Crippen molar-refractivity contribution >= 4 is 22.6 Å². The maximum atomic E-state index is 6.05. The van der Waals surface area contributed by atoms with Crippen LogP contribution in [0, 0.1) is 0 Å². The summed E-state index contributed by atoms with van der Waals surface area (Å²) in [5, 5.41) is 5.12. The second-order valence-corrected chi connectivity index (χ2v) is 4.64. The van der Waals surface area contributed by atoms with E-state index < -0.39 is 0 Å². The van der Waals surface area contributed by atoms with E-state index in [2.05, 4.69) is 25.2 Å². The Balaban J connectivity index is 2.11. The summed E-state index contributed by atoms with van der Waals surface area (Å²) in [6.07, 6.45) is 0.892. The van der Waals surface area contributed by atoms with Crippen LogP contribution in [0.3, 0.4) is 0 Å². The number of hydrogen-bond acceptors (Lipinski definition) is 2. The summed E-state index contributed by atoms with van der Waals surface area (Å²) < 4.78 is 5.71. The van der Waals surface area contributed by atoms with Gasteiger partial charge in [-0.1, -0.05) is 37.6 Å². The van der Waals surface area contributed by atoms with E-state index in [4.69, 9.17) is 16.0 Å². The lowest BCUT2D eigenvalue weighted by Crippen LogP contribution is -2.24. The standard InChI is InChI=1S/C13H16ClNO/c1-9(2)15-7-6-11-8-10-4-3-5-12(14)13(10)16-11/h3-5,8-9,15H,6-7H2,1-2H3. The van der Waals surface area contributed by atoms with E-state index in [1.54, 1.807) is 0 Å². The van der Waals surface area contributed by atoms with Gasteiger partial charge in [0.2, 0.25) is 0 Å². The second kappa shape index (κ2) is 4.89. The Morgan fingerprint density at radius 3 is 2.88 bits per heavy atom. The number of benzene rings is 1. The molecule has 0 radical (unpaired) electrons. The SMILES string of the molecule is CC(C)NCCc1cc2cccc(Cl)c2o1. The molecular weight excluding hydrogens is 222 g/mol. The average Bonchev–Trinajstić information content (AvgIpc) is 2.61. The number of halogens is 1. The average molecular weight is 238 g/mol. The number of rotatable bonds is 4. The number of nitrogens with one attached hydrogen (secondary N) is 1. The number of para-hydroxylation sites is 1. The van der Waals surface area contributed by atoms with Crippen LogP contribution in [0.1, 0.15) is 19.6 Å². The predicted octanol–water partition coefficient (Wildman–Crippen LogP) is 3.63. The van der Waals surface area contributed by atoms with Crippen LogP contribution in [-0.2, 0) is 6.42 Å². The molecule has 3 heteroatoms. The normalized spacial score (nSPS) is 11.5. The van der Waals surface area contributed by atoms with Crippen LogP contribution in [0.4, 0.5) is 0 Å². The fraction of sp³-hybridized carbons (Fsp3) is 0.385. The van der Waals surface area contributed by atoms with Gasteiger partial charge in [-0.05, 0) is 12.1 Å². The monoisotopic (exact) mass is 237 g/mol. The highest BCUT2D eigenvalue weighted by Crippen LogP contribution is 2.26. The highest BCUT2D eigenvalue weighted by atomic mass is 35.5. The first kappa shape index (κ1) is 11.5. The lowest BCUT2D eigenvalue weighted by atomic mass is 10.2. The number of fused-ring (bicyclic) bond motifs is 1. The molecule has 1 aromatic heterocycles. The van der Waals surface area contributed by atoms with Gasteiger partial charge in [0.15, 0.2) is 5.58 Å². The summed E-state index contributed by atoms with van der Waals surface area (Å²) in [7, 11) is 0. The number of furan rings is 1. The van der Waals surface area contributed by atoms with E-state index in [9.17, 15) is 0 Å². The third kappa shape index (κ3) is 2.57. The Bertz CT molecular complexity index is 476. The van der Waals surface area contributed by atoms with Gasteiger partial charge in [-0.25, -0.2) is 0 Å². The van der Waals surface area contributed by atoms with Gasteiger partial charge in [0, 0.05) is 24.4 Å². The molecule has 0 amide bonds. The minimum atomic E-state index is 0.507. The molecule has 0 spiro atoms. The summed E-state index contributed by atoms with van der Waals surface area (Å²) in [6, 6.07) is 8.38. The van der Waals surface area contributed by atoms with Crippen LogP contribution in [0.15, 0.2) is 28.7 Å². The van der Waals surface area contributed by atoms with E-state index in [0.717, 1.165) is 29.7 Å². The Kier molecular flexibility index (Phi) is 3.52. The fourth-order valence-electron chi connectivity index (χ4n) is 1.69. The molecule has 0 saturated heterocycles. The van der Waals surface area contributed by atoms with Crippen molar-refractivity contribution in [2.45, 2.75) is 26.3 Å². The number of hydrogen-bond donors (Lipinski definition) is 1. The van der Waals surface area contributed by atoms with Crippen LogP contribution in [0.25, 0.3) is 11.0 Å². The van der Waals surface area contributed by atoms with Crippen LogP contribution in [-0.4, -0.2) is 12.6 Å². The van der Waals surface area contributed by atoms with Crippen molar-refractivity contribution in [3.8, 4) is 0 Å². The van der Waals surface area contributed by atoms with Gasteiger partial charge in [0.1, 0.15) is 5.76 Å². The highest BCUT2D eigenvalue weighted by Gasteiger charge is 2.06. The topological polar surface area (TPSA) is 25.2 Å². The van der Waals surface area contributed by atoms with Crippen molar-refractivity contribution in [3.63, 3.8) is 0 Å². The maximum absolute atomic E-state index is 6.05. The molecule has 16 heavy (non-hydrogen) atoms. The molecule has 0 bridgehead atoms. The lowest BCUT2D eigenvalue weighted by molar-refractivity contribution is 0.516. The van der Waals surface area contributed by atoms with Crippen LogP contribution in [0.5, 0.6) is 0 Å². The summed E-state index contributed by atoms with van der Waals surface area (Å²) in [4.78, 5) is 0. The smallest absolute Gasteiger partial charge is 0.152 e. The Morgan fingerprint density at radius 1 is 1.38 bits per heavy atom. The van der Waals surface area contributed by atoms with Gasteiger partial charge in [-0.2, -0.15) is 0 Å². The van der Waals surface area contributed by atoms with E-state index in [1.165, 1.54) is 0 Å².